The molecule has 1 aromatic rings. The van der Waals surface area contributed by atoms with Gasteiger partial charge in [0.15, 0.2) is 0 Å². The van der Waals surface area contributed by atoms with Crippen molar-refractivity contribution in [1.82, 2.24) is 4.98 Å². The minimum Gasteiger partial charge on any atom is -0.397 e. The van der Waals surface area contributed by atoms with Crippen molar-refractivity contribution < 1.29 is 0 Å². The smallest absolute Gasteiger partial charge is 0.0667 e. The van der Waals surface area contributed by atoms with Crippen molar-refractivity contribution >= 4 is 11.9 Å². The van der Waals surface area contributed by atoms with E-state index in [1.54, 1.807) is 12.3 Å². The highest BCUT2D eigenvalue weighted by atomic mass is 14.7. The molecule has 0 aromatic carbocycles. The summed E-state index contributed by atoms with van der Waals surface area (Å²) in [6, 6.07) is 1.77. The Labute approximate surface area is 84.9 Å². The normalized spacial score (nSPS) is 12.4. The van der Waals surface area contributed by atoms with Crippen LogP contribution in [0.3, 0.4) is 0 Å². The Kier molecular flexibility index (Phi) is 3.63. The van der Waals surface area contributed by atoms with Crippen LogP contribution in [0.2, 0.25) is 0 Å². The highest BCUT2D eigenvalue weighted by Crippen LogP contribution is 2.25. The van der Waals surface area contributed by atoms with Gasteiger partial charge in [-0.3, -0.25) is 4.98 Å². The zero-order chi connectivity index (χ0) is 10.6. The zero-order valence-electron chi connectivity index (χ0n) is 8.75. The summed E-state index contributed by atoms with van der Waals surface area (Å²) >= 11 is 0. The fourth-order valence-electron chi connectivity index (χ4n) is 1.59. The minimum absolute atomic E-state index is 0.375. The summed E-state index contributed by atoms with van der Waals surface area (Å²) in [5.41, 5.74) is 8.25. The van der Waals surface area contributed by atoms with Gasteiger partial charge in [-0.15, -0.1) is 0 Å². The van der Waals surface area contributed by atoms with E-state index in [2.05, 4.69) is 18.8 Å². The molecule has 0 aliphatic heterocycles. The lowest BCUT2D eigenvalue weighted by molar-refractivity contribution is 0.649. The fourth-order valence-corrected chi connectivity index (χ4v) is 1.59. The number of anilines is 1. The average Bonchev–Trinajstić information content (AvgIpc) is 2.18. The molecule has 0 saturated heterocycles. The van der Waals surface area contributed by atoms with Crippen LogP contribution < -0.4 is 5.73 Å². The third-order valence-corrected chi connectivity index (χ3v) is 2.40. The zero-order valence-corrected chi connectivity index (χ0v) is 8.75. The van der Waals surface area contributed by atoms with Crippen LogP contribution in [-0.4, -0.2) is 11.2 Å². The molecule has 0 aliphatic carbocycles. The molecule has 0 spiro atoms. The third-order valence-electron chi connectivity index (χ3n) is 2.40. The predicted molar refractivity (Wildman–Crippen MR) is 59.9 cm³/mol. The summed E-state index contributed by atoms with van der Waals surface area (Å²) in [4.78, 5) is 4.28. The SMILES string of the molecule is CCCC(C)c1nccc(C=N)c1N. The first kappa shape index (κ1) is 10.7. The van der Waals surface area contributed by atoms with Gasteiger partial charge >= 0.3 is 0 Å². The van der Waals surface area contributed by atoms with Crippen molar-refractivity contribution in [3.8, 4) is 0 Å². The summed E-state index contributed by atoms with van der Waals surface area (Å²) in [7, 11) is 0. The molecule has 1 unspecified atom stereocenters. The van der Waals surface area contributed by atoms with Crippen LogP contribution in [0.4, 0.5) is 5.69 Å². The number of hydrogen-bond acceptors (Lipinski definition) is 3. The van der Waals surface area contributed by atoms with Crippen molar-refractivity contribution in [2.24, 2.45) is 0 Å². The van der Waals surface area contributed by atoms with Gasteiger partial charge in [-0.05, 0) is 12.5 Å². The molecule has 0 bridgehead atoms. The van der Waals surface area contributed by atoms with Crippen LogP contribution in [0.25, 0.3) is 0 Å². The molecule has 1 heterocycles. The maximum atomic E-state index is 7.19. The van der Waals surface area contributed by atoms with E-state index < -0.39 is 0 Å². The van der Waals surface area contributed by atoms with Gasteiger partial charge in [-0.2, -0.15) is 0 Å². The molecule has 14 heavy (non-hydrogen) atoms. The predicted octanol–water partition coefficient (Wildman–Crippen LogP) is 2.57. The summed E-state index contributed by atoms with van der Waals surface area (Å²) in [5, 5.41) is 7.19. The molecule has 0 fully saturated rings. The molecule has 0 amide bonds. The number of nitrogens with two attached hydrogens (primary N) is 1. The van der Waals surface area contributed by atoms with Crippen molar-refractivity contribution in [3.63, 3.8) is 0 Å². The van der Waals surface area contributed by atoms with Gasteiger partial charge < -0.3 is 11.1 Å². The number of aromatic nitrogens is 1. The van der Waals surface area contributed by atoms with E-state index >= 15 is 0 Å². The topological polar surface area (TPSA) is 62.8 Å². The Morgan fingerprint density at radius 3 is 2.93 bits per heavy atom. The van der Waals surface area contributed by atoms with Gasteiger partial charge in [0.1, 0.15) is 0 Å². The second kappa shape index (κ2) is 4.74. The Bertz CT molecular complexity index is 320. The second-order valence-corrected chi connectivity index (χ2v) is 3.53. The molecule has 0 aliphatic rings. The molecule has 76 valence electrons. The van der Waals surface area contributed by atoms with Gasteiger partial charge in [0, 0.05) is 23.9 Å². The average molecular weight is 191 g/mol. The lowest BCUT2D eigenvalue weighted by atomic mass is 9.98. The largest absolute Gasteiger partial charge is 0.397 e. The van der Waals surface area contributed by atoms with Crippen LogP contribution in [0, 0.1) is 5.41 Å². The Balaban J connectivity index is 3.02. The minimum atomic E-state index is 0.375. The first-order chi connectivity index (χ1) is 6.70. The third kappa shape index (κ3) is 2.10. The van der Waals surface area contributed by atoms with E-state index in [9.17, 15) is 0 Å². The van der Waals surface area contributed by atoms with Crippen molar-refractivity contribution in [2.45, 2.75) is 32.6 Å². The number of nitrogen functional groups attached to an aromatic ring is 1. The number of rotatable bonds is 4. The quantitative estimate of drug-likeness (QED) is 0.718. The van der Waals surface area contributed by atoms with Crippen molar-refractivity contribution in [3.05, 3.63) is 23.5 Å². The molecule has 0 saturated carbocycles. The van der Waals surface area contributed by atoms with Crippen LogP contribution in [-0.2, 0) is 0 Å². The molecular weight excluding hydrogens is 174 g/mol. The van der Waals surface area contributed by atoms with Crippen molar-refractivity contribution in [2.75, 3.05) is 5.73 Å². The molecule has 0 radical (unpaired) electrons. The molecular formula is C11H17N3. The summed E-state index contributed by atoms with van der Waals surface area (Å²) in [5.74, 6) is 0.375. The summed E-state index contributed by atoms with van der Waals surface area (Å²) < 4.78 is 0. The fraction of sp³-hybridized carbons (Fsp3) is 0.455. The maximum Gasteiger partial charge on any atom is 0.0667 e. The van der Waals surface area contributed by atoms with Crippen molar-refractivity contribution in [1.29, 1.82) is 5.41 Å². The first-order valence-electron chi connectivity index (χ1n) is 4.95. The molecule has 3 nitrogen and oxygen atoms in total. The standard InChI is InChI=1S/C11H17N3/c1-3-4-8(2)11-10(13)9(7-12)5-6-14-11/h5-8,12H,3-4,13H2,1-2H3. The molecule has 3 heteroatoms. The lowest BCUT2D eigenvalue weighted by Crippen LogP contribution is -2.05. The van der Waals surface area contributed by atoms with E-state index in [1.807, 2.05) is 0 Å². The van der Waals surface area contributed by atoms with Gasteiger partial charge in [0.2, 0.25) is 0 Å². The maximum absolute atomic E-state index is 7.19. The Hall–Kier alpha value is -1.38. The Morgan fingerprint density at radius 2 is 2.36 bits per heavy atom. The van der Waals surface area contributed by atoms with Crippen LogP contribution in [0.15, 0.2) is 12.3 Å². The number of nitrogens with one attached hydrogen (secondary N) is 1. The van der Waals surface area contributed by atoms with Gasteiger partial charge in [-0.25, -0.2) is 0 Å². The van der Waals surface area contributed by atoms with Crippen LogP contribution in [0.1, 0.15) is 43.9 Å². The number of pyridine rings is 1. The van der Waals surface area contributed by atoms with E-state index in [4.69, 9.17) is 11.1 Å². The van der Waals surface area contributed by atoms with Gasteiger partial charge in [0.25, 0.3) is 0 Å². The highest BCUT2D eigenvalue weighted by molar-refractivity contribution is 5.85. The molecule has 1 aromatic heterocycles. The number of nitrogens with zero attached hydrogens (tertiary/aromatic N) is 1. The lowest BCUT2D eigenvalue weighted by Gasteiger charge is -2.13. The second-order valence-electron chi connectivity index (χ2n) is 3.53. The van der Waals surface area contributed by atoms with E-state index in [0.717, 1.165) is 24.1 Å². The van der Waals surface area contributed by atoms with E-state index in [1.165, 1.54) is 6.21 Å². The monoisotopic (exact) mass is 191 g/mol. The van der Waals surface area contributed by atoms with E-state index in [-0.39, 0.29) is 0 Å². The highest BCUT2D eigenvalue weighted by Gasteiger charge is 2.11. The molecule has 1 rings (SSSR count). The first-order valence-corrected chi connectivity index (χ1v) is 4.95. The Morgan fingerprint density at radius 1 is 1.64 bits per heavy atom. The molecule has 1 atom stereocenters. The van der Waals surface area contributed by atoms with Crippen LogP contribution in [0.5, 0.6) is 0 Å². The summed E-state index contributed by atoms with van der Waals surface area (Å²) in [6.45, 7) is 4.27. The molecule has 3 N–H and O–H groups in total. The van der Waals surface area contributed by atoms with Gasteiger partial charge in [-0.1, -0.05) is 20.3 Å². The number of hydrogen-bond donors (Lipinski definition) is 2. The van der Waals surface area contributed by atoms with E-state index in [0.29, 0.717) is 11.6 Å². The van der Waals surface area contributed by atoms with Gasteiger partial charge in [0.05, 0.1) is 11.4 Å². The van der Waals surface area contributed by atoms with Crippen LogP contribution >= 0.6 is 0 Å². The summed E-state index contributed by atoms with van der Waals surface area (Å²) in [6.07, 6.45) is 5.20.